The quantitative estimate of drug-likeness (QED) is 0.123. The molecular weight excluding hydrogens is 919 g/mol. The van der Waals surface area contributed by atoms with Crippen LogP contribution >= 0.6 is 0 Å². The summed E-state index contributed by atoms with van der Waals surface area (Å²) in [7, 11) is -1.58. The van der Waals surface area contributed by atoms with Gasteiger partial charge in [-0.25, -0.2) is 9.97 Å². The normalized spacial score (nSPS) is 12.1. The Balaban J connectivity index is 0.000000347. The van der Waals surface area contributed by atoms with Crippen molar-refractivity contribution in [3.8, 4) is 28.3 Å². The van der Waals surface area contributed by atoms with Crippen LogP contribution in [0.2, 0.25) is 19.6 Å². The van der Waals surface area contributed by atoms with Crippen LogP contribution in [0.4, 0.5) is 0 Å². The van der Waals surface area contributed by atoms with Crippen molar-refractivity contribution in [2.24, 2.45) is 0 Å². The molecule has 0 aliphatic rings. The average molecular weight is 970 g/mol. The molecule has 6 nitrogen and oxygen atoms in total. The molecule has 0 atom stereocenters. The Morgan fingerprint density at radius 1 is 0.712 bits per heavy atom. The van der Waals surface area contributed by atoms with E-state index in [1.807, 2.05) is 54.7 Å². The summed E-state index contributed by atoms with van der Waals surface area (Å²) >= 11 is 0. The van der Waals surface area contributed by atoms with Crippen LogP contribution in [0.5, 0.6) is 0 Å². The molecule has 0 saturated heterocycles. The predicted molar refractivity (Wildman–Crippen MR) is 244 cm³/mol. The zero-order valence-electron chi connectivity index (χ0n) is 35.6. The first-order valence-corrected chi connectivity index (χ1v) is 23.8. The van der Waals surface area contributed by atoms with Crippen molar-refractivity contribution in [2.75, 3.05) is 0 Å². The first kappa shape index (κ1) is 41.9. The molecule has 0 aliphatic heterocycles. The van der Waals surface area contributed by atoms with Gasteiger partial charge in [-0.15, -0.1) is 54.1 Å². The molecule has 0 saturated carbocycles. The molecule has 59 heavy (non-hydrogen) atoms. The molecule has 301 valence electrons. The Labute approximate surface area is 362 Å². The van der Waals surface area contributed by atoms with E-state index in [0.717, 1.165) is 72.3 Å². The maximum absolute atomic E-state index is 6.86. The van der Waals surface area contributed by atoms with E-state index < -0.39 is 8.07 Å². The number of aromatic nitrogens is 5. The SMILES string of the molecule is CC(C)c1cc([Si](C)(C)C)cc(C(C)C)c1-n1c(-c2[c-]ccc3c2oc2c3ccc3cnc(C(C)(C)C)nc32)nc2ccccc21.[Ir].[c-]1ccccc1-c1ccccn1. The smallest absolute Gasteiger partial charge is 0.147 e. The van der Waals surface area contributed by atoms with Crippen LogP contribution in [0.25, 0.3) is 72.2 Å². The summed E-state index contributed by atoms with van der Waals surface area (Å²) in [5, 5.41) is 4.51. The molecule has 0 spiro atoms. The van der Waals surface area contributed by atoms with Crippen molar-refractivity contribution in [1.29, 1.82) is 0 Å². The van der Waals surface area contributed by atoms with Crippen LogP contribution in [0.3, 0.4) is 0 Å². The third kappa shape index (κ3) is 8.06. The number of hydrogen-bond donors (Lipinski definition) is 0. The second kappa shape index (κ2) is 16.4. The van der Waals surface area contributed by atoms with Crippen molar-refractivity contribution in [3.05, 3.63) is 145 Å². The van der Waals surface area contributed by atoms with Gasteiger partial charge in [0.25, 0.3) is 0 Å². The van der Waals surface area contributed by atoms with Crippen molar-refractivity contribution in [3.63, 3.8) is 0 Å². The van der Waals surface area contributed by atoms with E-state index in [1.54, 1.807) is 6.20 Å². The summed E-state index contributed by atoms with van der Waals surface area (Å²) in [5.74, 6) is 2.29. The maximum atomic E-state index is 6.86. The molecule has 4 heterocycles. The number of furan rings is 1. The van der Waals surface area contributed by atoms with Gasteiger partial charge in [0.1, 0.15) is 16.9 Å². The summed E-state index contributed by atoms with van der Waals surface area (Å²) in [5.41, 5.74) is 11.0. The average Bonchev–Trinajstić information content (AvgIpc) is 3.79. The summed E-state index contributed by atoms with van der Waals surface area (Å²) < 4.78 is 9.24. The van der Waals surface area contributed by atoms with E-state index in [-0.39, 0.29) is 25.5 Å². The minimum atomic E-state index is -1.58. The van der Waals surface area contributed by atoms with E-state index in [4.69, 9.17) is 14.4 Å². The molecule has 1 radical (unpaired) electrons. The van der Waals surface area contributed by atoms with Gasteiger partial charge in [-0.3, -0.25) is 4.98 Å². The molecule has 0 amide bonds. The molecule has 8 heteroatoms. The number of imidazole rings is 1. The second-order valence-electron chi connectivity index (χ2n) is 17.8. The van der Waals surface area contributed by atoms with E-state index in [1.165, 1.54) is 22.0 Å². The summed E-state index contributed by atoms with van der Waals surface area (Å²) in [6.45, 7) is 22.9. The molecule has 0 aliphatic carbocycles. The van der Waals surface area contributed by atoms with Crippen molar-refractivity contribution in [1.82, 2.24) is 24.5 Å². The van der Waals surface area contributed by atoms with Crippen LogP contribution in [0, 0.1) is 12.1 Å². The van der Waals surface area contributed by atoms with Gasteiger partial charge in [0.2, 0.25) is 0 Å². The maximum Gasteiger partial charge on any atom is 0.147 e. The Hall–Kier alpha value is -5.27. The Kier molecular flexibility index (Phi) is 11.6. The molecule has 0 bridgehead atoms. The third-order valence-corrected chi connectivity index (χ3v) is 12.8. The van der Waals surface area contributed by atoms with Gasteiger partial charge in [0.05, 0.1) is 30.5 Å². The molecule has 9 rings (SSSR count). The predicted octanol–water partition coefficient (Wildman–Crippen LogP) is 13.0. The fourth-order valence-corrected chi connectivity index (χ4v) is 8.74. The van der Waals surface area contributed by atoms with Crippen LogP contribution in [-0.2, 0) is 25.5 Å². The largest absolute Gasteiger partial charge is 0.498 e. The van der Waals surface area contributed by atoms with Crippen LogP contribution < -0.4 is 5.19 Å². The fourth-order valence-electron chi connectivity index (χ4n) is 7.56. The zero-order chi connectivity index (χ0) is 40.9. The zero-order valence-corrected chi connectivity index (χ0v) is 39.0. The number of nitrogens with zero attached hydrogens (tertiary/aromatic N) is 5. The van der Waals surface area contributed by atoms with Crippen LogP contribution in [-0.4, -0.2) is 32.6 Å². The van der Waals surface area contributed by atoms with E-state index in [0.29, 0.717) is 11.8 Å². The first-order chi connectivity index (χ1) is 27.7. The van der Waals surface area contributed by atoms with Crippen LogP contribution in [0.15, 0.2) is 120 Å². The number of fused-ring (bicyclic) bond motifs is 6. The summed E-state index contributed by atoms with van der Waals surface area (Å²) in [6.07, 6.45) is 3.70. The van der Waals surface area contributed by atoms with E-state index >= 15 is 0 Å². The van der Waals surface area contributed by atoms with E-state index in [9.17, 15) is 0 Å². The molecule has 4 aromatic heterocycles. The number of benzene rings is 5. The minimum Gasteiger partial charge on any atom is -0.498 e. The van der Waals surface area contributed by atoms with Gasteiger partial charge in [-0.1, -0.05) is 133 Å². The Bertz CT molecular complexity index is 2850. The number of para-hydroxylation sites is 2. The van der Waals surface area contributed by atoms with Gasteiger partial charge in [-0.2, -0.15) is 0 Å². The van der Waals surface area contributed by atoms with Crippen LogP contribution in [0.1, 0.15) is 77.3 Å². The van der Waals surface area contributed by atoms with Gasteiger partial charge < -0.3 is 14.0 Å². The standard InChI is InChI=1S/C40H43N4OSi.C11H8N.Ir/c1-23(2)30-20-26(46(8,9)10)21-31(24(3)4)35(30)44-33-17-12-11-16-32(33)42-38(44)29-15-13-14-27-28-19-18-25-22-41-39(40(5,6)7)43-34(25)37(28)45-36(27)29;1-2-6-10(7-3-1)11-8-4-5-9-12-11;/h11-14,16-24H,1-10H3;1-6,8-9H;/q2*-1;. The van der Waals surface area contributed by atoms with Gasteiger partial charge >= 0.3 is 0 Å². The summed E-state index contributed by atoms with van der Waals surface area (Å²) in [4.78, 5) is 19.2. The molecule has 0 unspecified atom stereocenters. The topological polar surface area (TPSA) is 69.6 Å². The van der Waals surface area contributed by atoms with Crippen molar-refractivity contribution < 1.29 is 24.5 Å². The minimum absolute atomic E-state index is 0. The number of hydrogen-bond acceptors (Lipinski definition) is 5. The second-order valence-corrected chi connectivity index (χ2v) is 22.9. The summed E-state index contributed by atoms with van der Waals surface area (Å²) in [6, 6.07) is 42.1. The monoisotopic (exact) mass is 970 g/mol. The van der Waals surface area contributed by atoms with E-state index in [2.05, 4.69) is 149 Å². The number of rotatable bonds is 6. The van der Waals surface area contributed by atoms with Crippen molar-refractivity contribution >= 4 is 57.1 Å². The molecule has 0 N–H and O–H groups in total. The molecule has 9 aromatic rings. The van der Waals surface area contributed by atoms with Gasteiger partial charge in [0, 0.05) is 54.4 Å². The molecular formula is C51H51IrN5OSi-2. The number of pyridine rings is 1. The van der Waals surface area contributed by atoms with Crippen molar-refractivity contribution in [2.45, 2.75) is 85.4 Å². The van der Waals surface area contributed by atoms with Gasteiger partial charge in [-0.05, 0) is 46.9 Å². The molecule has 0 fully saturated rings. The Morgan fingerprint density at radius 3 is 2.05 bits per heavy atom. The molecule has 5 aromatic carbocycles. The first-order valence-electron chi connectivity index (χ1n) is 20.3. The fraction of sp³-hybridized carbons (Fsp3) is 0.255. The Morgan fingerprint density at radius 2 is 1.41 bits per heavy atom. The third-order valence-electron chi connectivity index (χ3n) is 10.8. The van der Waals surface area contributed by atoms with Gasteiger partial charge in [0.15, 0.2) is 0 Å².